The Balaban J connectivity index is 1.88. The van der Waals surface area contributed by atoms with E-state index in [1.54, 1.807) is 23.3 Å². The molecule has 3 radical (unpaired) electrons. The zero-order chi connectivity index (χ0) is 19.1. The first-order valence-electron chi connectivity index (χ1n) is 8.08. The lowest BCUT2D eigenvalue weighted by atomic mass is 9.73. The summed E-state index contributed by atoms with van der Waals surface area (Å²) in [4.78, 5) is 35.0. The quantitative estimate of drug-likeness (QED) is 0.674. The van der Waals surface area contributed by atoms with Crippen LogP contribution in [0.3, 0.4) is 0 Å². The van der Waals surface area contributed by atoms with Crippen LogP contribution in [0.4, 0.5) is 5.82 Å². The predicted molar refractivity (Wildman–Crippen MR) is 104 cm³/mol. The van der Waals surface area contributed by atoms with Crippen molar-refractivity contribution in [3.63, 3.8) is 0 Å². The van der Waals surface area contributed by atoms with Gasteiger partial charge in [0.25, 0.3) is 0 Å². The monoisotopic (exact) mass is 378 g/mol. The van der Waals surface area contributed by atoms with E-state index in [1.807, 2.05) is 14.1 Å². The highest BCUT2D eigenvalue weighted by molar-refractivity contribution is 6.74. The van der Waals surface area contributed by atoms with Crippen molar-refractivity contribution < 1.29 is 4.42 Å². The van der Waals surface area contributed by atoms with Crippen LogP contribution in [0.25, 0.3) is 10.9 Å². The summed E-state index contributed by atoms with van der Waals surface area (Å²) in [6, 6.07) is 3.97. The topological polar surface area (TPSA) is 104 Å². The number of pyridine rings is 2. The van der Waals surface area contributed by atoms with Crippen molar-refractivity contribution in [3.05, 3.63) is 56.1 Å². The van der Waals surface area contributed by atoms with E-state index in [0.717, 1.165) is 11.7 Å². The van der Waals surface area contributed by atoms with E-state index >= 15 is 0 Å². The second kappa shape index (κ2) is 6.70. The summed E-state index contributed by atoms with van der Waals surface area (Å²) in [7, 11) is 7.68. The first-order valence-corrected chi connectivity index (χ1v) is 8.46. The van der Waals surface area contributed by atoms with Crippen LogP contribution in [0.1, 0.15) is 18.4 Å². The summed E-state index contributed by atoms with van der Waals surface area (Å²) >= 11 is 6.26. The molecule has 131 valence electrons. The predicted octanol–water partition coefficient (Wildman–Crippen LogP) is 0.736. The standard InChI is InChI=1S/C16H11B2ClN5O3/c1-18-10-6-9(24(23-10)14-8(19)3-2-4-20-14)15-22-12-7(16(26)27-15)5-11(25)21-13(12)17/h2-5,9H,6H2,1H3,(H,21,25). The van der Waals surface area contributed by atoms with Gasteiger partial charge in [-0.15, -0.1) is 0 Å². The number of hydrogen-bond acceptors (Lipinski definition) is 7. The number of hydrazone groups is 1. The lowest BCUT2D eigenvalue weighted by molar-refractivity contribution is 0.407. The first-order chi connectivity index (χ1) is 13.0. The van der Waals surface area contributed by atoms with Gasteiger partial charge < -0.3 is 9.40 Å². The van der Waals surface area contributed by atoms with Crippen LogP contribution in [-0.2, 0) is 0 Å². The molecular weight excluding hydrogens is 367 g/mol. The molecule has 4 heterocycles. The van der Waals surface area contributed by atoms with E-state index in [4.69, 9.17) is 23.9 Å². The normalized spacial score (nSPS) is 16.6. The number of nitrogens with zero attached hydrogens (tertiary/aromatic N) is 4. The van der Waals surface area contributed by atoms with Crippen LogP contribution in [0.15, 0.2) is 43.5 Å². The Morgan fingerprint density at radius 3 is 3.00 bits per heavy atom. The van der Waals surface area contributed by atoms with Gasteiger partial charge in [0.05, 0.1) is 15.9 Å². The second-order valence-electron chi connectivity index (χ2n) is 5.90. The highest BCUT2D eigenvalue weighted by Crippen LogP contribution is 2.36. The molecule has 1 N–H and O–H groups in total. The summed E-state index contributed by atoms with van der Waals surface area (Å²) < 4.78 is 5.39. The summed E-state index contributed by atoms with van der Waals surface area (Å²) in [5.74, 6) is 0.522. The minimum absolute atomic E-state index is 0.00439. The van der Waals surface area contributed by atoms with Crippen molar-refractivity contribution in [2.24, 2.45) is 5.10 Å². The third-order valence-electron chi connectivity index (χ3n) is 4.19. The third kappa shape index (κ3) is 3.06. The molecule has 0 fully saturated rings. The average Bonchev–Trinajstić information content (AvgIpc) is 3.07. The van der Waals surface area contributed by atoms with Crippen molar-refractivity contribution >= 4 is 54.7 Å². The maximum Gasteiger partial charge on any atom is 0.347 e. The van der Waals surface area contributed by atoms with Crippen LogP contribution in [-0.4, -0.2) is 35.7 Å². The molecule has 0 bridgehead atoms. The summed E-state index contributed by atoms with van der Waals surface area (Å²) in [6.07, 6.45) is 2.03. The Morgan fingerprint density at radius 1 is 1.44 bits per heavy atom. The van der Waals surface area contributed by atoms with E-state index in [0.29, 0.717) is 17.3 Å². The number of aromatic nitrogens is 3. The Morgan fingerprint density at radius 2 is 2.26 bits per heavy atom. The molecule has 1 atom stereocenters. The van der Waals surface area contributed by atoms with Crippen LogP contribution < -0.4 is 21.8 Å². The van der Waals surface area contributed by atoms with Crippen molar-refractivity contribution in [2.45, 2.75) is 19.3 Å². The van der Waals surface area contributed by atoms with Gasteiger partial charge in [-0.3, -0.25) is 4.79 Å². The number of aromatic amines is 1. The third-order valence-corrected chi connectivity index (χ3v) is 4.49. The molecule has 4 rings (SSSR count). The van der Waals surface area contributed by atoms with Gasteiger partial charge in [0.15, 0.2) is 13.1 Å². The number of anilines is 1. The Labute approximate surface area is 159 Å². The SMILES string of the molecule is [B]c1[nH]c(=O)cc2c(=O)oc(C3CC([B]C)=NN3c3ncccc3Cl)nc12. The zero-order valence-corrected chi connectivity index (χ0v) is 14.9. The molecule has 0 aliphatic carbocycles. The maximum atomic E-state index is 12.4. The molecule has 1 unspecified atom stereocenters. The van der Waals surface area contributed by atoms with E-state index in [1.165, 1.54) is 0 Å². The summed E-state index contributed by atoms with van der Waals surface area (Å²) in [6.45, 7) is 1.85. The molecule has 1 aliphatic heterocycles. The van der Waals surface area contributed by atoms with Gasteiger partial charge in [-0.05, 0) is 23.3 Å². The van der Waals surface area contributed by atoms with Gasteiger partial charge in [-0.2, -0.15) is 5.10 Å². The van der Waals surface area contributed by atoms with Gasteiger partial charge in [0, 0.05) is 18.7 Å². The molecule has 27 heavy (non-hydrogen) atoms. The molecule has 0 saturated carbocycles. The largest absolute Gasteiger partial charge is 0.405 e. The fourth-order valence-electron chi connectivity index (χ4n) is 2.92. The van der Waals surface area contributed by atoms with Crippen LogP contribution >= 0.6 is 11.6 Å². The Kier molecular flexibility index (Phi) is 4.35. The van der Waals surface area contributed by atoms with Gasteiger partial charge in [-0.1, -0.05) is 18.4 Å². The van der Waals surface area contributed by atoms with Crippen molar-refractivity contribution in [2.75, 3.05) is 5.01 Å². The van der Waals surface area contributed by atoms with Crippen molar-refractivity contribution in [3.8, 4) is 0 Å². The molecule has 0 aromatic carbocycles. The molecule has 8 nitrogen and oxygen atoms in total. The maximum absolute atomic E-state index is 12.4. The molecular formula is C16H11B2ClN5O3. The van der Waals surface area contributed by atoms with Crippen LogP contribution in [0.2, 0.25) is 11.8 Å². The van der Waals surface area contributed by atoms with Gasteiger partial charge in [0.1, 0.15) is 13.9 Å². The highest BCUT2D eigenvalue weighted by Gasteiger charge is 2.34. The van der Waals surface area contributed by atoms with Gasteiger partial charge in [-0.25, -0.2) is 19.8 Å². The summed E-state index contributed by atoms with van der Waals surface area (Å²) in [5.41, 5.74) is -0.276. The molecule has 0 saturated heterocycles. The number of hydrogen-bond donors (Lipinski definition) is 1. The van der Waals surface area contributed by atoms with Gasteiger partial charge in [0.2, 0.25) is 11.4 Å². The minimum atomic E-state index is -0.700. The Hall–Kier alpha value is -2.87. The van der Waals surface area contributed by atoms with Gasteiger partial charge >= 0.3 is 5.63 Å². The first kappa shape index (κ1) is 17.5. The molecule has 0 amide bonds. The fraction of sp³-hybridized carbons (Fsp3) is 0.188. The molecule has 11 heteroatoms. The lowest BCUT2D eigenvalue weighted by Gasteiger charge is -2.21. The summed E-state index contributed by atoms with van der Waals surface area (Å²) in [5, 5.41) is 6.48. The average molecular weight is 378 g/mol. The van der Waals surface area contributed by atoms with E-state index in [-0.39, 0.29) is 22.4 Å². The smallest absolute Gasteiger partial charge is 0.347 e. The zero-order valence-electron chi connectivity index (χ0n) is 14.1. The molecule has 1 aliphatic rings. The molecule has 3 aromatic rings. The number of fused-ring (bicyclic) bond motifs is 1. The van der Waals surface area contributed by atoms with Crippen molar-refractivity contribution in [1.82, 2.24) is 15.0 Å². The van der Waals surface area contributed by atoms with E-state index in [2.05, 4.69) is 20.1 Å². The fourth-order valence-corrected chi connectivity index (χ4v) is 3.12. The minimum Gasteiger partial charge on any atom is -0.405 e. The molecule has 0 spiro atoms. The second-order valence-corrected chi connectivity index (χ2v) is 6.31. The number of rotatable bonds is 3. The number of halogens is 1. The molecule has 3 aromatic heterocycles. The van der Waals surface area contributed by atoms with Crippen molar-refractivity contribution in [1.29, 1.82) is 0 Å². The number of H-pyrrole nitrogens is 1. The van der Waals surface area contributed by atoms with E-state index in [9.17, 15) is 9.59 Å². The highest BCUT2D eigenvalue weighted by atomic mass is 35.5. The van der Waals surface area contributed by atoms with E-state index < -0.39 is 17.2 Å². The van der Waals surface area contributed by atoms with Crippen LogP contribution in [0, 0.1) is 0 Å². The lowest BCUT2D eigenvalue weighted by Crippen LogP contribution is -2.27. The number of nitrogens with one attached hydrogen (secondary N) is 1. The van der Waals surface area contributed by atoms with Crippen LogP contribution in [0.5, 0.6) is 0 Å². The Bertz CT molecular complexity index is 1190.